The van der Waals surface area contributed by atoms with Gasteiger partial charge < -0.3 is 29.5 Å². The number of methoxy groups -OCH3 is 1. The number of rotatable bonds is 10. The number of ether oxygens (including phenoxy) is 3. The quantitative estimate of drug-likeness (QED) is 0.190. The predicted octanol–water partition coefficient (Wildman–Crippen LogP) is 0.847. The molecule has 32 heavy (non-hydrogen) atoms. The molecule has 1 saturated carbocycles. The van der Waals surface area contributed by atoms with E-state index in [1.54, 1.807) is 13.0 Å². The molecule has 178 valence electrons. The van der Waals surface area contributed by atoms with Gasteiger partial charge >= 0.3 is 17.9 Å². The van der Waals surface area contributed by atoms with Crippen LogP contribution in [0, 0.1) is 17.3 Å². The van der Waals surface area contributed by atoms with Crippen molar-refractivity contribution < 1.29 is 43.9 Å². The maximum atomic E-state index is 12.7. The monoisotopic (exact) mass is 452 g/mol. The van der Waals surface area contributed by atoms with E-state index in [0.29, 0.717) is 5.57 Å². The Kier molecular flexibility index (Phi) is 10.0. The average Bonchev–Trinajstić information content (AvgIpc) is 2.75. The lowest BCUT2D eigenvalue weighted by Crippen LogP contribution is -2.54. The van der Waals surface area contributed by atoms with Gasteiger partial charge in [0.25, 0.3) is 0 Å². The highest BCUT2D eigenvalue weighted by Crippen LogP contribution is 2.50. The van der Waals surface area contributed by atoms with Crippen LogP contribution in [-0.2, 0) is 28.6 Å². The van der Waals surface area contributed by atoms with Crippen LogP contribution in [0.2, 0.25) is 0 Å². The van der Waals surface area contributed by atoms with Crippen molar-refractivity contribution in [1.29, 1.82) is 0 Å². The van der Waals surface area contributed by atoms with Crippen LogP contribution in [0.3, 0.4) is 0 Å². The molecule has 0 aromatic rings. The Balaban J connectivity index is 3.35. The summed E-state index contributed by atoms with van der Waals surface area (Å²) >= 11 is 0. The Hall–Kier alpha value is -2.75. The summed E-state index contributed by atoms with van der Waals surface area (Å²) in [5, 5.41) is 30.4. The number of aliphatic hydroxyl groups is 3. The topological polar surface area (TPSA) is 140 Å². The number of esters is 3. The first-order valence-corrected chi connectivity index (χ1v) is 9.98. The third-order valence-corrected chi connectivity index (χ3v) is 5.73. The van der Waals surface area contributed by atoms with Crippen LogP contribution in [0.25, 0.3) is 0 Å². The minimum absolute atomic E-state index is 0.117. The summed E-state index contributed by atoms with van der Waals surface area (Å²) < 4.78 is 15.1. The SMILES string of the molecule is C=C[C@]1(C)C[C@H](OC(=O)/C(=C\COC(C)=O)CO)[C@H](C(=C)C(=O)OC)[C@H](O)[C@@H]1C(=C)CO. The lowest BCUT2D eigenvalue weighted by atomic mass is 9.58. The van der Waals surface area contributed by atoms with E-state index in [4.69, 9.17) is 14.2 Å². The minimum atomic E-state index is -1.31. The molecule has 0 aliphatic heterocycles. The Bertz CT molecular complexity index is 797. The number of aliphatic hydroxyl groups excluding tert-OH is 3. The molecule has 0 saturated heterocycles. The van der Waals surface area contributed by atoms with Crippen LogP contribution in [-0.4, -0.2) is 72.4 Å². The van der Waals surface area contributed by atoms with Gasteiger partial charge in [-0.25, -0.2) is 9.59 Å². The van der Waals surface area contributed by atoms with Gasteiger partial charge in [0.05, 0.1) is 37.9 Å². The molecule has 5 atom stereocenters. The molecule has 0 bridgehead atoms. The van der Waals surface area contributed by atoms with Gasteiger partial charge in [-0.1, -0.05) is 26.2 Å². The van der Waals surface area contributed by atoms with E-state index in [1.165, 1.54) is 13.0 Å². The normalized spacial score (nSPS) is 27.8. The van der Waals surface area contributed by atoms with Gasteiger partial charge in [-0.15, -0.1) is 6.58 Å². The highest BCUT2D eigenvalue weighted by molar-refractivity contribution is 5.90. The molecule has 9 nitrogen and oxygen atoms in total. The standard InChI is InChI=1S/C23H32O9/c1-7-23(5)10-17(32-22(29)16(12-25)8-9-31-15(4)26)18(14(3)21(28)30-6)20(27)19(23)13(2)11-24/h7-8,17-20,24-25,27H,1-3,9-12H2,4-6H3/b16-8-/t17-,18-,19-,20-,23+/m0/s1. The van der Waals surface area contributed by atoms with E-state index < -0.39 is 60.6 Å². The van der Waals surface area contributed by atoms with Crippen molar-refractivity contribution in [2.45, 2.75) is 32.5 Å². The molecule has 9 heteroatoms. The third kappa shape index (κ3) is 6.15. The van der Waals surface area contributed by atoms with E-state index in [9.17, 15) is 29.7 Å². The fourth-order valence-electron chi connectivity index (χ4n) is 4.02. The lowest BCUT2D eigenvalue weighted by molar-refractivity contribution is -0.161. The fourth-order valence-corrected chi connectivity index (χ4v) is 4.02. The largest absolute Gasteiger partial charge is 0.466 e. The highest BCUT2D eigenvalue weighted by atomic mass is 16.6. The van der Waals surface area contributed by atoms with Crippen molar-refractivity contribution in [3.63, 3.8) is 0 Å². The summed E-state index contributed by atoms with van der Waals surface area (Å²) in [6.45, 7) is 13.0. The van der Waals surface area contributed by atoms with E-state index in [1.807, 2.05) is 0 Å². The second-order valence-corrected chi connectivity index (χ2v) is 7.88. The van der Waals surface area contributed by atoms with E-state index in [-0.39, 0.29) is 24.2 Å². The van der Waals surface area contributed by atoms with Crippen LogP contribution in [0.15, 0.2) is 48.6 Å². The molecule has 0 aromatic carbocycles. The number of hydrogen-bond donors (Lipinski definition) is 3. The Morgan fingerprint density at radius 2 is 1.78 bits per heavy atom. The predicted molar refractivity (Wildman–Crippen MR) is 115 cm³/mol. The zero-order valence-corrected chi connectivity index (χ0v) is 18.7. The van der Waals surface area contributed by atoms with E-state index in [0.717, 1.165) is 7.11 Å². The minimum Gasteiger partial charge on any atom is -0.466 e. The molecule has 3 N–H and O–H groups in total. The molecule has 1 aliphatic rings. The molecular formula is C23H32O9. The first-order valence-electron chi connectivity index (χ1n) is 9.98. The van der Waals surface area contributed by atoms with Gasteiger partial charge in [0.1, 0.15) is 12.7 Å². The zero-order valence-electron chi connectivity index (χ0n) is 18.7. The van der Waals surface area contributed by atoms with Crippen molar-refractivity contribution in [2.24, 2.45) is 17.3 Å². The van der Waals surface area contributed by atoms with Crippen molar-refractivity contribution >= 4 is 17.9 Å². The first-order chi connectivity index (χ1) is 15.0. The maximum absolute atomic E-state index is 12.7. The summed E-state index contributed by atoms with van der Waals surface area (Å²) in [7, 11) is 1.16. The van der Waals surface area contributed by atoms with Crippen molar-refractivity contribution in [2.75, 3.05) is 26.9 Å². The molecule has 0 amide bonds. The lowest BCUT2D eigenvalue weighted by Gasteiger charge is -2.50. The van der Waals surface area contributed by atoms with Gasteiger partial charge in [-0.3, -0.25) is 4.79 Å². The summed E-state index contributed by atoms with van der Waals surface area (Å²) in [5.74, 6) is -4.04. The molecular weight excluding hydrogens is 420 g/mol. The van der Waals surface area contributed by atoms with E-state index >= 15 is 0 Å². The highest BCUT2D eigenvalue weighted by Gasteiger charge is 2.53. The van der Waals surface area contributed by atoms with Crippen LogP contribution in [0.5, 0.6) is 0 Å². The van der Waals surface area contributed by atoms with Gasteiger partial charge in [-0.2, -0.15) is 0 Å². The fraction of sp³-hybridized carbons (Fsp3) is 0.522. The van der Waals surface area contributed by atoms with Gasteiger partial charge in [0.2, 0.25) is 0 Å². The summed E-state index contributed by atoms with van der Waals surface area (Å²) in [6.07, 6.45) is 0.545. The van der Waals surface area contributed by atoms with E-state index in [2.05, 4.69) is 19.7 Å². The van der Waals surface area contributed by atoms with Gasteiger partial charge in [0, 0.05) is 18.4 Å². The summed E-state index contributed by atoms with van der Waals surface area (Å²) in [4.78, 5) is 35.8. The van der Waals surface area contributed by atoms with Crippen molar-refractivity contribution in [3.8, 4) is 0 Å². The second-order valence-electron chi connectivity index (χ2n) is 7.88. The first kappa shape index (κ1) is 27.3. The molecule has 0 spiro atoms. The van der Waals surface area contributed by atoms with Crippen molar-refractivity contribution in [3.05, 3.63) is 48.6 Å². The Labute approximate surface area is 187 Å². The van der Waals surface area contributed by atoms with Gasteiger partial charge in [-0.05, 0) is 23.5 Å². The van der Waals surface area contributed by atoms with Crippen LogP contribution < -0.4 is 0 Å². The Morgan fingerprint density at radius 1 is 1.16 bits per heavy atom. The van der Waals surface area contributed by atoms with Crippen LogP contribution in [0.4, 0.5) is 0 Å². The smallest absolute Gasteiger partial charge is 0.336 e. The number of hydrogen-bond acceptors (Lipinski definition) is 9. The Morgan fingerprint density at radius 3 is 2.25 bits per heavy atom. The number of carbonyl (C=O) groups excluding carboxylic acids is 3. The number of allylic oxidation sites excluding steroid dienone is 1. The zero-order chi connectivity index (χ0) is 24.6. The second kappa shape index (κ2) is 11.8. The average molecular weight is 453 g/mol. The van der Waals surface area contributed by atoms with Crippen LogP contribution in [0.1, 0.15) is 20.3 Å². The van der Waals surface area contributed by atoms with Crippen molar-refractivity contribution in [1.82, 2.24) is 0 Å². The molecule has 1 aliphatic carbocycles. The summed E-state index contributed by atoms with van der Waals surface area (Å²) in [5.41, 5.74) is -0.804. The molecule has 1 fully saturated rings. The molecule has 0 unspecified atom stereocenters. The molecule has 0 radical (unpaired) electrons. The third-order valence-electron chi connectivity index (χ3n) is 5.73. The van der Waals surface area contributed by atoms with Crippen LogP contribution >= 0.6 is 0 Å². The number of carbonyl (C=O) groups is 3. The molecule has 0 aromatic heterocycles. The summed E-state index contributed by atoms with van der Waals surface area (Å²) in [6, 6.07) is 0. The van der Waals surface area contributed by atoms with Gasteiger partial charge in [0.15, 0.2) is 0 Å². The molecule has 0 heterocycles. The maximum Gasteiger partial charge on any atom is 0.336 e. The molecule has 1 rings (SSSR count).